The third kappa shape index (κ3) is 4.61. The van der Waals surface area contributed by atoms with Crippen LogP contribution in [-0.4, -0.2) is 65.8 Å². The van der Waals surface area contributed by atoms with Crippen molar-refractivity contribution in [1.82, 2.24) is 34.2 Å². The predicted molar refractivity (Wildman–Crippen MR) is 120 cm³/mol. The van der Waals surface area contributed by atoms with Gasteiger partial charge in [0.05, 0.1) is 12.0 Å². The van der Waals surface area contributed by atoms with Gasteiger partial charge in [-0.1, -0.05) is 6.92 Å². The first-order chi connectivity index (χ1) is 15.0. The van der Waals surface area contributed by atoms with Crippen LogP contribution in [0.25, 0.3) is 11.2 Å². The van der Waals surface area contributed by atoms with E-state index in [2.05, 4.69) is 42.5 Å². The lowest BCUT2D eigenvalue weighted by Crippen LogP contribution is -2.39. The van der Waals surface area contributed by atoms with Gasteiger partial charge in [0.25, 0.3) is 0 Å². The van der Waals surface area contributed by atoms with Gasteiger partial charge in [0.15, 0.2) is 17.0 Å². The smallest absolute Gasteiger partial charge is 0.245 e. The van der Waals surface area contributed by atoms with Crippen LogP contribution in [0.1, 0.15) is 32.4 Å². The molecule has 11 nitrogen and oxygen atoms in total. The largest absolute Gasteiger partial charge is 0.368 e. The Morgan fingerprint density at radius 2 is 2.00 bits per heavy atom. The number of anilines is 3. The molecule has 4 heterocycles. The number of piperidine rings is 1. The Balaban J connectivity index is 1.50. The summed E-state index contributed by atoms with van der Waals surface area (Å²) in [5.41, 5.74) is 7.98. The number of fused-ring (bicyclic) bond motifs is 1. The van der Waals surface area contributed by atoms with Gasteiger partial charge in [-0.3, -0.25) is 4.79 Å². The lowest BCUT2D eigenvalue weighted by atomic mass is 10.1. The fourth-order valence-electron chi connectivity index (χ4n) is 3.99. The van der Waals surface area contributed by atoms with E-state index in [4.69, 9.17) is 5.73 Å². The number of nitrogen functional groups attached to an aromatic ring is 1. The molecule has 0 saturated carbocycles. The molecule has 0 spiro atoms. The summed E-state index contributed by atoms with van der Waals surface area (Å²) in [6, 6.07) is 2.16. The first-order valence-electron chi connectivity index (χ1n) is 10.8. The third-order valence-corrected chi connectivity index (χ3v) is 5.64. The minimum atomic E-state index is -0.187. The van der Waals surface area contributed by atoms with E-state index in [-0.39, 0.29) is 18.4 Å². The van der Waals surface area contributed by atoms with E-state index in [1.807, 2.05) is 19.9 Å². The standard InChI is InChI=1S/C20H30N10O/c1-4-28-8-6-14(7-9-28)23-18-17-19(26-20(21)25-18)29(12-22-17)11-16(31)24-15-10-13(3)27-30(15)5-2/h10,12,14H,4-9,11H2,1-3H3,(H,24,31)(H3,21,23,25,26). The molecule has 1 amide bonds. The normalized spacial score (nSPS) is 15.5. The molecule has 1 aliphatic heterocycles. The van der Waals surface area contributed by atoms with Crippen LogP contribution in [-0.2, 0) is 17.9 Å². The minimum absolute atomic E-state index is 0.0647. The van der Waals surface area contributed by atoms with Gasteiger partial charge in [-0.25, -0.2) is 9.67 Å². The van der Waals surface area contributed by atoms with E-state index < -0.39 is 0 Å². The van der Waals surface area contributed by atoms with Crippen LogP contribution in [0.2, 0.25) is 0 Å². The average molecular weight is 427 g/mol. The van der Waals surface area contributed by atoms with Gasteiger partial charge in [-0.05, 0) is 33.2 Å². The van der Waals surface area contributed by atoms with Gasteiger partial charge >= 0.3 is 0 Å². The molecule has 11 heteroatoms. The number of nitrogens with two attached hydrogens (primary N) is 1. The van der Waals surface area contributed by atoms with Gasteiger partial charge in [-0.2, -0.15) is 15.1 Å². The number of carbonyl (C=O) groups excluding carboxylic acids is 1. The Hall–Kier alpha value is -3.21. The Morgan fingerprint density at radius 3 is 2.71 bits per heavy atom. The maximum atomic E-state index is 12.7. The summed E-state index contributed by atoms with van der Waals surface area (Å²) in [6.07, 6.45) is 3.67. The molecule has 0 radical (unpaired) electrons. The number of carbonyl (C=O) groups is 1. The van der Waals surface area contributed by atoms with E-state index in [0.717, 1.165) is 38.2 Å². The summed E-state index contributed by atoms with van der Waals surface area (Å²) in [5, 5.41) is 10.7. The lowest BCUT2D eigenvalue weighted by molar-refractivity contribution is -0.116. The van der Waals surface area contributed by atoms with Crippen molar-refractivity contribution in [2.24, 2.45) is 0 Å². The van der Waals surface area contributed by atoms with E-state index in [0.29, 0.717) is 35.4 Å². The van der Waals surface area contributed by atoms with Gasteiger partial charge in [0, 0.05) is 31.7 Å². The highest BCUT2D eigenvalue weighted by Crippen LogP contribution is 2.23. The predicted octanol–water partition coefficient (Wildman–Crippen LogP) is 1.47. The molecular weight excluding hydrogens is 396 g/mol. The number of hydrogen-bond donors (Lipinski definition) is 3. The van der Waals surface area contributed by atoms with E-state index in [1.165, 1.54) is 0 Å². The minimum Gasteiger partial charge on any atom is -0.368 e. The molecule has 4 rings (SSSR count). The SMILES string of the molecule is CCN1CCC(Nc2nc(N)nc3c2ncn3CC(=O)Nc2cc(C)nn2CC)CC1. The number of likely N-dealkylation sites (tertiary alicyclic amines) is 1. The quantitative estimate of drug-likeness (QED) is 0.517. The van der Waals surface area contributed by atoms with Crippen LogP contribution in [0.3, 0.4) is 0 Å². The van der Waals surface area contributed by atoms with Crippen molar-refractivity contribution in [2.45, 2.75) is 52.7 Å². The zero-order chi connectivity index (χ0) is 22.0. The highest BCUT2D eigenvalue weighted by Gasteiger charge is 2.21. The van der Waals surface area contributed by atoms with Gasteiger partial charge in [-0.15, -0.1) is 0 Å². The zero-order valence-electron chi connectivity index (χ0n) is 18.3. The third-order valence-electron chi connectivity index (χ3n) is 5.64. The number of aromatic nitrogens is 6. The van der Waals surface area contributed by atoms with Crippen molar-refractivity contribution < 1.29 is 4.79 Å². The fourth-order valence-corrected chi connectivity index (χ4v) is 3.99. The number of imidazole rings is 1. The molecule has 1 aliphatic rings. The Bertz CT molecular complexity index is 1060. The van der Waals surface area contributed by atoms with Crippen molar-refractivity contribution in [3.8, 4) is 0 Å². The second-order valence-electron chi connectivity index (χ2n) is 7.86. The molecule has 31 heavy (non-hydrogen) atoms. The maximum absolute atomic E-state index is 12.7. The summed E-state index contributed by atoms with van der Waals surface area (Å²) in [5.74, 6) is 1.26. The lowest BCUT2D eigenvalue weighted by Gasteiger charge is -2.31. The zero-order valence-corrected chi connectivity index (χ0v) is 18.3. The highest BCUT2D eigenvalue weighted by molar-refractivity contribution is 5.91. The van der Waals surface area contributed by atoms with Gasteiger partial charge in [0.1, 0.15) is 12.4 Å². The van der Waals surface area contributed by atoms with Gasteiger partial charge < -0.3 is 25.8 Å². The highest BCUT2D eigenvalue weighted by atomic mass is 16.2. The van der Waals surface area contributed by atoms with Crippen molar-refractivity contribution in [3.63, 3.8) is 0 Å². The molecule has 1 saturated heterocycles. The first-order valence-corrected chi connectivity index (χ1v) is 10.8. The van der Waals surface area contributed by atoms with Crippen molar-refractivity contribution in [3.05, 3.63) is 18.1 Å². The second kappa shape index (κ2) is 8.88. The Morgan fingerprint density at radius 1 is 1.23 bits per heavy atom. The monoisotopic (exact) mass is 426 g/mol. The molecule has 0 atom stereocenters. The van der Waals surface area contributed by atoms with Crippen molar-refractivity contribution in [1.29, 1.82) is 0 Å². The van der Waals surface area contributed by atoms with E-state index in [1.54, 1.807) is 15.6 Å². The average Bonchev–Trinajstić information content (AvgIpc) is 3.31. The van der Waals surface area contributed by atoms with Crippen LogP contribution >= 0.6 is 0 Å². The van der Waals surface area contributed by atoms with Gasteiger partial charge in [0.2, 0.25) is 11.9 Å². The molecule has 3 aromatic rings. The van der Waals surface area contributed by atoms with Crippen LogP contribution < -0.4 is 16.4 Å². The maximum Gasteiger partial charge on any atom is 0.245 e. The number of aryl methyl sites for hydroxylation is 2. The molecule has 0 aliphatic carbocycles. The Labute approximate surface area is 181 Å². The fraction of sp³-hybridized carbons (Fsp3) is 0.550. The van der Waals surface area contributed by atoms with Crippen molar-refractivity contribution >= 4 is 34.7 Å². The summed E-state index contributed by atoms with van der Waals surface area (Å²) in [4.78, 5) is 28.3. The number of hydrogen-bond acceptors (Lipinski definition) is 8. The first kappa shape index (κ1) is 21.0. The molecule has 3 aromatic heterocycles. The van der Waals surface area contributed by atoms with Crippen LogP contribution in [0.15, 0.2) is 12.4 Å². The number of amides is 1. The molecule has 4 N–H and O–H groups in total. The summed E-state index contributed by atoms with van der Waals surface area (Å²) in [6.45, 7) is 9.98. The summed E-state index contributed by atoms with van der Waals surface area (Å²) >= 11 is 0. The molecular formula is C20H30N10O. The molecule has 0 bridgehead atoms. The van der Waals surface area contributed by atoms with Crippen LogP contribution in [0, 0.1) is 6.92 Å². The topological polar surface area (TPSA) is 132 Å². The second-order valence-corrected chi connectivity index (χ2v) is 7.86. The summed E-state index contributed by atoms with van der Waals surface area (Å²) < 4.78 is 3.44. The van der Waals surface area contributed by atoms with Crippen LogP contribution in [0.5, 0.6) is 0 Å². The van der Waals surface area contributed by atoms with Crippen molar-refractivity contribution in [2.75, 3.05) is 36.0 Å². The molecule has 166 valence electrons. The molecule has 0 aromatic carbocycles. The summed E-state index contributed by atoms with van der Waals surface area (Å²) in [7, 11) is 0. The molecule has 0 unspecified atom stereocenters. The van der Waals surface area contributed by atoms with Crippen LogP contribution in [0.4, 0.5) is 17.6 Å². The number of rotatable bonds is 7. The molecule has 1 fully saturated rings. The number of nitrogens with one attached hydrogen (secondary N) is 2. The van der Waals surface area contributed by atoms with E-state index >= 15 is 0 Å². The van der Waals surface area contributed by atoms with E-state index in [9.17, 15) is 4.79 Å². The Kier molecular flexibility index (Phi) is 6.03. The number of nitrogens with zero attached hydrogens (tertiary/aromatic N) is 7.